The molecule has 1 fully saturated rings. The molecule has 2 aliphatic rings. The van der Waals surface area contributed by atoms with E-state index < -0.39 is 0 Å². The number of amides is 1. The third-order valence-corrected chi connectivity index (χ3v) is 5.34. The lowest BCUT2D eigenvalue weighted by Gasteiger charge is -2.30. The molecule has 4 rings (SSSR count). The summed E-state index contributed by atoms with van der Waals surface area (Å²) < 4.78 is 5.56. The van der Waals surface area contributed by atoms with Crippen molar-refractivity contribution in [3.8, 4) is 5.75 Å². The Morgan fingerprint density at radius 2 is 2.04 bits per heavy atom. The first kappa shape index (κ1) is 14.6. The van der Waals surface area contributed by atoms with E-state index in [9.17, 15) is 4.79 Å². The van der Waals surface area contributed by atoms with Crippen LogP contribution in [-0.2, 0) is 11.2 Å². The van der Waals surface area contributed by atoms with Gasteiger partial charge in [-0.2, -0.15) is 0 Å². The minimum Gasteiger partial charge on any atom is -0.496 e. The van der Waals surface area contributed by atoms with Crippen molar-refractivity contribution in [3.05, 3.63) is 41.5 Å². The smallest absolute Gasteiger partial charge is 0.225 e. The summed E-state index contributed by atoms with van der Waals surface area (Å²) in [5, 5.41) is 2.62. The maximum Gasteiger partial charge on any atom is 0.225 e. The summed E-state index contributed by atoms with van der Waals surface area (Å²) >= 11 is 0. The van der Waals surface area contributed by atoms with Gasteiger partial charge >= 0.3 is 0 Å². The van der Waals surface area contributed by atoms with Gasteiger partial charge in [-0.15, -0.1) is 0 Å². The third kappa shape index (κ3) is 2.48. The second kappa shape index (κ2) is 5.55. The summed E-state index contributed by atoms with van der Waals surface area (Å²) in [6, 6.07) is 10.7. The minimum absolute atomic E-state index is 0.298. The van der Waals surface area contributed by atoms with Crippen LogP contribution >= 0.6 is 0 Å². The molecule has 3 nitrogen and oxygen atoms in total. The molecule has 2 aliphatic carbocycles. The van der Waals surface area contributed by atoms with Gasteiger partial charge in [0.15, 0.2) is 0 Å². The van der Waals surface area contributed by atoms with Crippen molar-refractivity contribution in [3.63, 3.8) is 0 Å². The molecule has 0 heterocycles. The van der Waals surface area contributed by atoms with Crippen LogP contribution in [0.25, 0.3) is 10.8 Å². The molecule has 0 saturated heterocycles. The summed E-state index contributed by atoms with van der Waals surface area (Å²) in [4.78, 5) is 14.2. The van der Waals surface area contributed by atoms with Crippen molar-refractivity contribution in [1.29, 1.82) is 0 Å². The van der Waals surface area contributed by atoms with Gasteiger partial charge in [-0.3, -0.25) is 4.79 Å². The van der Waals surface area contributed by atoms with Crippen molar-refractivity contribution in [1.82, 2.24) is 4.90 Å². The maximum atomic E-state index is 12.3. The van der Waals surface area contributed by atoms with Crippen LogP contribution in [0.15, 0.2) is 30.3 Å². The summed E-state index contributed by atoms with van der Waals surface area (Å²) in [6.45, 7) is 0.825. The molecule has 2 aromatic carbocycles. The summed E-state index contributed by atoms with van der Waals surface area (Å²) in [5.74, 6) is 2.04. The van der Waals surface area contributed by atoms with E-state index in [2.05, 4.69) is 30.3 Å². The predicted octanol–water partition coefficient (Wildman–Crippen LogP) is 3.75. The van der Waals surface area contributed by atoms with Crippen molar-refractivity contribution >= 4 is 16.7 Å². The van der Waals surface area contributed by atoms with Gasteiger partial charge < -0.3 is 9.64 Å². The second-order valence-electron chi connectivity index (χ2n) is 6.92. The summed E-state index contributed by atoms with van der Waals surface area (Å²) in [6.07, 6.45) is 4.25. The van der Waals surface area contributed by atoms with Gasteiger partial charge in [0.1, 0.15) is 5.75 Å². The lowest BCUT2D eigenvalue weighted by molar-refractivity contribution is -0.131. The first-order chi connectivity index (χ1) is 11.2. The number of methoxy groups -OCH3 is 1. The average molecular weight is 309 g/mol. The fraction of sp³-hybridized carbons (Fsp3) is 0.450. The van der Waals surface area contributed by atoms with E-state index in [1.807, 2.05) is 11.9 Å². The number of likely N-dealkylation sites (N-methyl/N-ethyl adjacent to an activating group) is 1. The molecular formula is C20H23NO2. The molecular weight excluding hydrogens is 286 g/mol. The van der Waals surface area contributed by atoms with E-state index in [1.165, 1.54) is 21.9 Å². The number of carbonyl (C=O) groups excluding carboxylic acids is 1. The monoisotopic (exact) mass is 309 g/mol. The highest BCUT2D eigenvalue weighted by Crippen LogP contribution is 2.41. The highest BCUT2D eigenvalue weighted by atomic mass is 16.5. The fourth-order valence-corrected chi connectivity index (χ4v) is 3.97. The van der Waals surface area contributed by atoms with Crippen molar-refractivity contribution in [2.75, 3.05) is 20.7 Å². The Hall–Kier alpha value is -2.03. The standard InChI is InChI=1S/C20H23NO2/c1-21(20(22)14-6-7-14)12-15-8-10-17-18(23-2)11-9-13-4-3-5-16(15)19(13)17/h3-5,9,11,14-15H,6-8,10,12H2,1-2H3. The molecule has 0 N–H and O–H groups in total. The Morgan fingerprint density at radius 1 is 1.22 bits per heavy atom. The number of benzene rings is 2. The van der Waals surface area contributed by atoms with Gasteiger partial charge in [-0.05, 0) is 48.1 Å². The van der Waals surface area contributed by atoms with Crippen LogP contribution in [0.2, 0.25) is 0 Å². The quantitative estimate of drug-likeness (QED) is 0.861. The van der Waals surface area contributed by atoms with E-state index in [1.54, 1.807) is 7.11 Å². The van der Waals surface area contributed by atoms with E-state index in [0.29, 0.717) is 17.7 Å². The number of rotatable bonds is 4. The molecule has 23 heavy (non-hydrogen) atoms. The molecule has 0 spiro atoms. The predicted molar refractivity (Wildman–Crippen MR) is 91.9 cm³/mol. The molecule has 0 bridgehead atoms. The molecule has 1 unspecified atom stereocenters. The second-order valence-corrected chi connectivity index (χ2v) is 6.92. The van der Waals surface area contributed by atoms with Crippen molar-refractivity contribution in [2.45, 2.75) is 31.6 Å². The van der Waals surface area contributed by atoms with Crippen LogP contribution in [0.4, 0.5) is 0 Å². The zero-order chi connectivity index (χ0) is 16.0. The number of hydrogen-bond acceptors (Lipinski definition) is 2. The molecule has 0 radical (unpaired) electrons. The first-order valence-electron chi connectivity index (χ1n) is 8.52. The highest BCUT2D eigenvalue weighted by Gasteiger charge is 2.33. The Morgan fingerprint density at radius 3 is 2.78 bits per heavy atom. The van der Waals surface area contributed by atoms with Gasteiger partial charge in [0.05, 0.1) is 7.11 Å². The molecule has 120 valence electrons. The van der Waals surface area contributed by atoms with Gasteiger partial charge in [0.25, 0.3) is 0 Å². The Labute approximate surface area is 137 Å². The van der Waals surface area contributed by atoms with E-state index >= 15 is 0 Å². The third-order valence-electron chi connectivity index (χ3n) is 5.34. The molecule has 0 aromatic heterocycles. The molecule has 1 atom stereocenters. The molecule has 2 aromatic rings. The maximum absolute atomic E-state index is 12.3. The Bertz CT molecular complexity index is 764. The first-order valence-corrected chi connectivity index (χ1v) is 8.52. The fourth-order valence-electron chi connectivity index (χ4n) is 3.97. The van der Waals surface area contributed by atoms with Crippen LogP contribution in [0, 0.1) is 5.92 Å². The number of nitrogens with zero attached hydrogens (tertiary/aromatic N) is 1. The Balaban J connectivity index is 1.70. The number of carbonyl (C=O) groups is 1. The van der Waals surface area contributed by atoms with Crippen LogP contribution < -0.4 is 4.74 Å². The lowest BCUT2D eigenvalue weighted by Crippen LogP contribution is -2.33. The number of aryl methyl sites for hydroxylation is 1. The zero-order valence-electron chi connectivity index (χ0n) is 13.8. The molecule has 1 amide bonds. The minimum atomic E-state index is 0.298. The van der Waals surface area contributed by atoms with Crippen LogP contribution in [0.1, 0.15) is 36.3 Å². The SMILES string of the molecule is COc1ccc2cccc3c2c1CCC3CN(C)C(=O)C1CC1. The highest BCUT2D eigenvalue weighted by molar-refractivity contribution is 5.92. The van der Waals surface area contributed by atoms with E-state index in [0.717, 1.165) is 38.0 Å². The average Bonchev–Trinajstić information content (AvgIpc) is 3.41. The van der Waals surface area contributed by atoms with Crippen molar-refractivity contribution in [2.24, 2.45) is 5.92 Å². The van der Waals surface area contributed by atoms with E-state index in [-0.39, 0.29) is 0 Å². The number of hydrogen-bond donors (Lipinski definition) is 0. The molecule has 1 saturated carbocycles. The summed E-state index contributed by atoms with van der Waals surface area (Å²) in [7, 11) is 3.70. The molecule has 3 heteroatoms. The number of ether oxygens (including phenoxy) is 1. The largest absolute Gasteiger partial charge is 0.496 e. The van der Waals surface area contributed by atoms with Gasteiger partial charge in [0.2, 0.25) is 5.91 Å². The van der Waals surface area contributed by atoms with Gasteiger partial charge in [-0.1, -0.05) is 24.3 Å². The topological polar surface area (TPSA) is 29.5 Å². The Kier molecular flexibility index (Phi) is 3.51. The van der Waals surface area contributed by atoms with Crippen LogP contribution in [0.5, 0.6) is 5.75 Å². The summed E-state index contributed by atoms with van der Waals surface area (Å²) in [5.41, 5.74) is 2.70. The normalized spacial score (nSPS) is 19.7. The lowest BCUT2D eigenvalue weighted by atomic mass is 9.80. The zero-order valence-corrected chi connectivity index (χ0v) is 13.8. The molecule has 0 aliphatic heterocycles. The van der Waals surface area contributed by atoms with Crippen LogP contribution in [-0.4, -0.2) is 31.5 Å². The van der Waals surface area contributed by atoms with Crippen LogP contribution in [0.3, 0.4) is 0 Å². The van der Waals surface area contributed by atoms with Gasteiger partial charge in [0, 0.05) is 31.0 Å². The van der Waals surface area contributed by atoms with Gasteiger partial charge in [-0.25, -0.2) is 0 Å². The van der Waals surface area contributed by atoms with Crippen molar-refractivity contribution < 1.29 is 9.53 Å². The van der Waals surface area contributed by atoms with E-state index in [4.69, 9.17) is 4.74 Å².